The van der Waals surface area contributed by atoms with Crippen molar-refractivity contribution in [2.45, 2.75) is 51.9 Å². The van der Waals surface area contributed by atoms with Crippen LogP contribution in [0.15, 0.2) is 60.8 Å². The molecule has 0 aliphatic carbocycles. The zero-order valence-corrected chi connectivity index (χ0v) is 21.0. The van der Waals surface area contributed by atoms with Crippen LogP contribution >= 0.6 is 0 Å². The molecule has 3 rings (SSSR count). The van der Waals surface area contributed by atoms with Crippen LogP contribution in [-0.2, 0) is 9.53 Å². The second-order valence-corrected chi connectivity index (χ2v) is 8.66. The van der Waals surface area contributed by atoms with Gasteiger partial charge in [0, 0.05) is 29.4 Å². The normalized spacial score (nSPS) is 11.5. The number of carbonyl (C=O) groups excluding carboxylic acids is 2. The number of rotatable bonds is 11. The average molecular weight is 475 g/mol. The number of aryl methyl sites for hydroxylation is 1. The van der Waals surface area contributed by atoms with Crippen molar-refractivity contribution in [2.24, 2.45) is 0 Å². The predicted octanol–water partition coefficient (Wildman–Crippen LogP) is 6.54. The molecule has 1 amide bonds. The Kier molecular flexibility index (Phi) is 9.41. The molecule has 0 fully saturated rings. The van der Waals surface area contributed by atoms with Gasteiger partial charge >= 0.3 is 5.97 Å². The fourth-order valence-electron chi connectivity index (χ4n) is 4.20. The maximum absolute atomic E-state index is 13.3. The van der Waals surface area contributed by atoms with E-state index in [9.17, 15) is 9.59 Å². The van der Waals surface area contributed by atoms with Gasteiger partial charge in [-0.1, -0.05) is 68.1 Å². The first-order valence-electron chi connectivity index (χ1n) is 12.0. The minimum Gasteiger partial charge on any atom is -0.481 e. The molecule has 1 N–H and O–H groups in total. The minimum atomic E-state index is -0.450. The number of hydrogen-bond acceptors (Lipinski definition) is 5. The van der Waals surface area contributed by atoms with Crippen LogP contribution in [0.1, 0.15) is 66.4 Å². The van der Waals surface area contributed by atoms with Crippen molar-refractivity contribution in [1.29, 1.82) is 0 Å². The summed E-state index contributed by atoms with van der Waals surface area (Å²) in [5, 5.41) is 3.06. The van der Waals surface area contributed by atoms with Crippen LogP contribution in [0.3, 0.4) is 0 Å². The molecule has 1 heterocycles. The molecule has 184 valence electrons. The minimum absolute atomic E-state index is 0.0307. The number of aromatic nitrogens is 1. The van der Waals surface area contributed by atoms with Gasteiger partial charge in [0.15, 0.2) is 0 Å². The number of esters is 1. The molecule has 0 saturated carbocycles. The molecule has 1 unspecified atom stereocenters. The van der Waals surface area contributed by atoms with E-state index in [2.05, 4.69) is 17.2 Å². The first-order chi connectivity index (χ1) is 17.0. The molecule has 0 aliphatic rings. The molecule has 1 atom stereocenters. The summed E-state index contributed by atoms with van der Waals surface area (Å²) in [6, 6.07) is 17.1. The molecule has 0 bridgehead atoms. The van der Waals surface area contributed by atoms with E-state index in [1.165, 1.54) is 7.11 Å². The molecule has 0 aliphatic heterocycles. The largest absolute Gasteiger partial charge is 0.481 e. The quantitative estimate of drug-likeness (QED) is 0.252. The lowest BCUT2D eigenvalue weighted by Crippen LogP contribution is -2.17. The fourth-order valence-corrected chi connectivity index (χ4v) is 4.20. The highest BCUT2D eigenvalue weighted by molar-refractivity contribution is 5.99. The van der Waals surface area contributed by atoms with E-state index in [1.54, 1.807) is 25.4 Å². The van der Waals surface area contributed by atoms with Crippen molar-refractivity contribution in [1.82, 2.24) is 4.98 Å². The van der Waals surface area contributed by atoms with E-state index in [-0.39, 0.29) is 18.2 Å². The molecule has 35 heavy (non-hydrogen) atoms. The Morgan fingerprint density at radius 3 is 2.49 bits per heavy atom. The second-order valence-electron chi connectivity index (χ2n) is 8.66. The maximum Gasteiger partial charge on any atom is 0.337 e. The number of amides is 1. The number of ether oxygens (including phenoxy) is 2. The Hall–Kier alpha value is -3.67. The van der Waals surface area contributed by atoms with Crippen molar-refractivity contribution in [2.75, 3.05) is 19.5 Å². The van der Waals surface area contributed by atoms with Crippen LogP contribution < -0.4 is 10.1 Å². The predicted molar refractivity (Wildman–Crippen MR) is 139 cm³/mol. The highest BCUT2D eigenvalue weighted by Gasteiger charge is 2.21. The Labute approximate surface area is 207 Å². The number of pyridine rings is 1. The molecule has 0 saturated heterocycles. The van der Waals surface area contributed by atoms with Gasteiger partial charge in [-0.25, -0.2) is 9.78 Å². The molecule has 2 aromatic carbocycles. The molecular weight excluding hydrogens is 440 g/mol. The monoisotopic (exact) mass is 474 g/mol. The third-order valence-electron chi connectivity index (χ3n) is 6.10. The number of nitrogens with one attached hydrogen (secondary N) is 1. The molecule has 0 spiro atoms. The van der Waals surface area contributed by atoms with Crippen molar-refractivity contribution < 1.29 is 19.1 Å². The molecule has 6 nitrogen and oxygen atoms in total. The Morgan fingerprint density at radius 2 is 1.80 bits per heavy atom. The van der Waals surface area contributed by atoms with E-state index in [1.807, 2.05) is 49.4 Å². The van der Waals surface area contributed by atoms with E-state index in [0.29, 0.717) is 17.1 Å². The molecule has 0 radical (unpaired) electrons. The third-order valence-corrected chi connectivity index (χ3v) is 6.10. The number of hydrogen-bond donors (Lipinski definition) is 1. The van der Waals surface area contributed by atoms with Crippen LogP contribution in [0, 0.1) is 6.92 Å². The van der Waals surface area contributed by atoms with Crippen molar-refractivity contribution in [3.8, 4) is 17.0 Å². The number of methoxy groups -OCH3 is 2. The Morgan fingerprint density at radius 1 is 1.03 bits per heavy atom. The smallest absolute Gasteiger partial charge is 0.337 e. The average Bonchev–Trinajstić information content (AvgIpc) is 2.88. The van der Waals surface area contributed by atoms with E-state index in [4.69, 9.17) is 9.47 Å². The number of unbranched alkanes of at least 4 members (excludes halogenated alkanes) is 2. The van der Waals surface area contributed by atoms with Gasteiger partial charge in [0.2, 0.25) is 11.8 Å². The highest BCUT2D eigenvalue weighted by Crippen LogP contribution is 2.34. The van der Waals surface area contributed by atoms with Gasteiger partial charge in [0.25, 0.3) is 0 Å². The highest BCUT2D eigenvalue weighted by atomic mass is 16.5. The molecule has 3 aromatic rings. The van der Waals surface area contributed by atoms with E-state index in [0.717, 1.165) is 47.9 Å². The first-order valence-corrected chi connectivity index (χ1v) is 12.0. The van der Waals surface area contributed by atoms with Gasteiger partial charge in [-0.05, 0) is 43.0 Å². The summed E-state index contributed by atoms with van der Waals surface area (Å²) in [5.74, 6) is -0.0621. The molecule has 1 aromatic heterocycles. The number of nitrogens with zero attached hydrogens (tertiary/aromatic N) is 1. The van der Waals surface area contributed by atoms with Crippen LogP contribution in [0.2, 0.25) is 0 Å². The Bertz CT molecular complexity index is 1140. The van der Waals surface area contributed by atoms with Crippen molar-refractivity contribution in [3.63, 3.8) is 0 Å². The summed E-state index contributed by atoms with van der Waals surface area (Å²) >= 11 is 0. The van der Waals surface area contributed by atoms with Crippen LogP contribution in [0.4, 0.5) is 5.69 Å². The van der Waals surface area contributed by atoms with Crippen molar-refractivity contribution >= 4 is 17.6 Å². The van der Waals surface area contributed by atoms with Gasteiger partial charge in [-0.15, -0.1) is 0 Å². The van der Waals surface area contributed by atoms with E-state index >= 15 is 0 Å². The lowest BCUT2D eigenvalue weighted by atomic mass is 9.90. The lowest BCUT2D eigenvalue weighted by Gasteiger charge is -2.20. The first kappa shape index (κ1) is 25.9. The van der Waals surface area contributed by atoms with Crippen LogP contribution in [0.5, 0.6) is 5.88 Å². The van der Waals surface area contributed by atoms with Gasteiger partial charge < -0.3 is 14.8 Å². The second kappa shape index (κ2) is 12.7. The van der Waals surface area contributed by atoms with Gasteiger partial charge in [-0.2, -0.15) is 0 Å². The standard InChI is InChI=1S/C29H34N2O4/c1-5-6-7-9-22(25-10-8-17-30-28(25)34-3)19-27(32)31-26-18-23(29(33)35-4)15-16-24(26)21-13-11-20(2)12-14-21/h8,10-18,22H,5-7,9,19H2,1-4H3,(H,31,32). The summed E-state index contributed by atoms with van der Waals surface area (Å²) in [5.41, 5.74) is 4.83. The van der Waals surface area contributed by atoms with Gasteiger partial charge in [0.05, 0.1) is 19.8 Å². The summed E-state index contributed by atoms with van der Waals surface area (Å²) in [7, 11) is 2.94. The van der Waals surface area contributed by atoms with Crippen LogP contribution in [-0.4, -0.2) is 31.1 Å². The van der Waals surface area contributed by atoms with Gasteiger partial charge in [0.1, 0.15) is 0 Å². The Balaban J connectivity index is 1.90. The number of benzene rings is 2. The summed E-state index contributed by atoms with van der Waals surface area (Å²) in [4.78, 5) is 29.8. The number of anilines is 1. The number of carbonyl (C=O) groups is 2. The van der Waals surface area contributed by atoms with Crippen molar-refractivity contribution in [3.05, 3.63) is 77.5 Å². The summed E-state index contributed by atoms with van der Waals surface area (Å²) in [6.45, 7) is 4.19. The molecular formula is C29H34N2O4. The van der Waals surface area contributed by atoms with Gasteiger partial charge in [-0.3, -0.25) is 4.79 Å². The maximum atomic E-state index is 13.3. The SMILES string of the molecule is CCCCCC(CC(=O)Nc1cc(C(=O)OC)ccc1-c1ccc(C)cc1)c1cccnc1OC. The third kappa shape index (κ3) is 6.92. The topological polar surface area (TPSA) is 77.5 Å². The zero-order chi connectivity index (χ0) is 25.2. The zero-order valence-electron chi connectivity index (χ0n) is 21.0. The lowest BCUT2D eigenvalue weighted by molar-refractivity contribution is -0.116. The summed E-state index contributed by atoms with van der Waals surface area (Å²) in [6.07, 6.45) is 6.04. The van der Waals surface area contributed by atoms with Crippen LogP contribution in [0.25, 0.3) is 11.1 Å². The summed E-state index contributed by atoms with van der Waals surface area (Å²) < 4.78 is 10.4. The molecule has 6 heteroatoms. The fraction of sp³-hybridized carbons (Fsp3) is 0.345. The van der Waals surface area contributed by atoms with E-state index < -0.39 is 5.97 Å².